The second kappa shape index (κ2) is 7.69. The normalized spacial score (nSPS) is 11.2. The first-order valence-electron chi connectivity index (χ1n) is 9.36. The van der Waals surface area contributed by atoms with Crippen LogP contribution in [-0.4, -0.2) is 27.6 Å². The van der Waals surface area contributed by atoms with Gasteiger partial charge in [-0.25, -0.2) is 4.98 Å². The number of benzene rings is 2. The maximum absolute atomic E-state index is 13.2. The number of pyridine rings is 1. The Morgan fingerprint density at radius 1 is 1.00 bits per heavy atom. The van der Waals surface area contributed by atoms with Crippen molar-refractivity contribution < 1.29 is 4.42 Å². The third kappa shape index (κ3) is 3.42. The minimum atomic E-state index is -0.405. The zero-order chi connectivity index (χ0) is 21.5. The Morgan fingerprint density at radius 3 is 2.52 bits per heavy atom. The fourth-order valence-electron chi connectivity index (χ4n) is 3.54. The first kappa shape index (κ1) is 19.5. The van der Waals surface area contributed by atoms with Gasteiger partial charge in [-0.1, -0.05) is 46.9 Å². The van der Waals surface area contributed by atoms with Crippen LogP contribution in [0.2, 0.25) is 10.0 Å². The molecule has 0 amide bonds. The highest BCUT2D eigenvalue weighted by molar-refractivity contribution is 6.37. The molecule has 0 N–H and O–H groups in total. The standard InChI is InChI=1S/C22H13BCl2N4O2/c23-14-8-12(18-10-26-11-31-18)7-13(9-14)19-15-3-2-6-27-20(15)22(30)29(28-19)21-16(24)4-1-5-17(21)25/h1-11H,23H2. The molecular weight excluding hydrogens is 434 g/mol. The second-order valence-corrected chi connectivity index (χ2v) is 7.80. The highest BCUT2D eigenvalue weighted by atomic mass is 35.5. The molecule has 0 bridgehead atoms. The predicted octanol–water partition coefficient (Wildman–Crippen LogP) is 3.67. The van der Waals surface area contributed by atoms with Crippen LogP contribution in [0.25, 0.3) is 39.2 Å². The van der Waals surface area contributed by atoms with Crippen LogP contribution in [0.3, 0.4) is 0 Å². The number of rotatable bonds is 3. The SMILES string of the molecule is Bc1cc(-c2cnco2)cc(-c2nn(-c3c(Cl)cccc3Cl)c(=O)c3ncccc23)c1. The van der Waals surface area contributed by atoms with Crippen LogP contribution in [0, 0.1) is 0 Å². The second-order valence-electron chi connectivity index (χ2n) is 6.99. The molecule has 9 heteroatoms. The van der Waals surface area contributed by atoms with E-state index in [1.807, 2.05) is 32.1 Å². The molecule has 0 atom stereocenters. The minimum absolute atomic E-state index is 0.270. The van der Waals surface area contributed by atoms with E-state index in [1.54, 1.807) is 36.7 Å². The summed E-state index contributed by atoms with van der Waals surface area (Å²) in [4.78, 5) is 21.6. The summed E-state index contributed by atoms with van der Waals surface area (Å²) in [5.74, 6) is 0.634. The monoisotopic (exact) mass is 446 g/mol. The van der Waals surface area contributed by atoms with E-state index in [4.69, 9.17) is 27.6 Å². The van der Waals surface area contributed by atoms with E-state index in [-0.39, 0.29) is 5.52 Å². The van der Waals surface area contributed by atoms with Gasteiger partial charge in [-0.05, 0) is 30.3 Å². The Bertz CT molecular complexity index is 1480. The Hall–Kier alpha value is -3.42. The molecule has 2 aromatic carbocycles. The van der Waals surface area contributed by atoms with Crippen molar-refractivity contribution in [2.75, 3.05) is 0 Å². The van der Waals surface area contributed by atoms with Crippen molar-refractivity contribution in [3.05, 3.63) is 87.7 Å². The van der Waals surface area contributed by atoms with Crippen LogP contribution in [-0.2, 0) is 0 Å². The van der Waals surface area contributed by atoms with Gasteiger partial charge in [0.05, 0.1) is 16.2 Å². The summed E-state index contributed by atoms with van der Waals surface area (Å²) in [5, 5.41) is 5.93. The summed E-state index contributed by atoms with van der Waals surface area (Å²) in [5.41, 5.74) is 3.39. The molecule has 150 valence electrons. The van der Waals surface area contributed by atoms with Crippen LogP contribution in [0.15, 0.2) is 76.5 Å². The number of nitrogens with zero attached hydrogens (tertiary/aromatic N) is 4. The minimum Gasteiger partial charge on any atom is -0.444 e. The molecule has 0 saturated heterocycles. The van der Waals surface area contributed by atoms with Crippen molar-refractivity contribution in [3.8, 4) is 28.3 Å². The van der Waals surface area contributed by atoms with Crippen molar-refractivity contribution in [1.82, 2.24) is 19.7 Å². The van der Waals surface area contributed by atoms with E-state index < -0.39 is 5.56 Å². The summed E-state index contributed by atoms with van der Waals surface area (Å²) >= 11 is 12.8. The summed E-state index contributed by atoms with van der Waals surface area (Å²) in [6.45, 7) is 0. The van der Waals surface area contributed by atoms with Gasteiger partial charge >= 0.3 is 0 Å². The fourth-order valence-corrected chi connectivity index (χ4v) is 4.10. The number of halogens is 2. The lowest BCUT2D eigenvalue weighted by Gasteiger charge is -2.14. The maximum Gasteiger partial charge on any atom is 0.298 e. The van der Waals surface area contributed by atoms with E-state index in [0.717, 1.165) is 16.6 Å². The topological polar surface area (TPSA) is 73.8 Å². The average Bonchev–Trinajstić information content (AvgIpc) is 3.30. The largest absolute Gasteiger partial charge is 0.444 e. The third-order valence-corrected chi connectivity index (χ3v) is 5.48. The van der Waals surface area contributed by atoms with E-state index in [1.165, 1.54) is 11.1 Å². The lowest BCUT2D eigenvalue weighted by molar-refractivity contribution is 0.572. The van der Waals surface area contributed by atoms with Crippen LogP contribution in [0.5, 0.6) is 0 Å². The fraction of sp³-hybridized carbons (Fsp3) is 0. The predicted molar refractivity (Wildman–Crippen MR) is 124 cm³/mol. The first-order valence-corrected chi connectivity index (χ1v) is 10.1. The molecule has 0 aliphatic rings. The van der Waals surface area contributed by atoms with E-state index in [0.29, 0.717) is 32.6 Å². The zero-order valence-corrected chi connectivity index (χ0v) is 17.7. The molecule has 0 unspecified atom stereocenters. The van der Waals surface area contributed by atoms with Crippen LogP contribution < -0.4 is 11.0 Å². The Kier molecular flexibility index (Phi) is 4.84. The molecule has 0 radical (unpaired) electrons. The Labute approximate surface area is 187 Å². The van der Waals surface area contributed by atoms with E-state index in [2.05, 4.69) is 15.1 Å². The van der Waals surface area contributed by atoms with Gasteiger partial charge < -0.3 is 4.42 Å². The molecule has 0 spiro atoms. The van der Waals surface area contributed by atoms with Gasteiger partial charge in [0, 0.05) is 22.7 Å². The molecule has 0 aliphatic heterocycles. The van der Waals surface area contributed by atoms with Crippen LogP contribution >= 0.6 is 23.2 Å². The van der Waals surface area contributed by atoms with Crippen LogP contribution in [0.1, 0.15) is 0 Å². The van der Waals surface area contributed by atoms with Gasteiger partial charge in [0.15, 0.2) is 12.2 Å². The smallest absolute Gasteiger partial charge is 0.298 e. The number of para-hydroxylation sites is 1. The maximum atomic E-state index is 13.2. The highest BCUT2D eigenvalue weighted by Crippen LogP contribution is 2.31. The van der Waals surface area contributed by atoms with Gasteiger partial charge in [0.25, 0.3) is 5.56 Å². The summed E-state index contributed by atoms with van der Waals surface area (Å²) < 4.78 is 6.68. The number of fused-ring (bicyclic) bond motifs is 1. The van der Waals surface area contributed by atoms with Gasteiger partial charge in [-0.3, -0.25) is 9.78 Å². The molecule has 3 aromatic heterocycles. The van der Waals surface area contributed by atoms with Gasteiger partial charge in [0.2, 0.25) is 0 Å². The van der Waals surface area contributed by atoms with Crippen molar-refractivity contribution >= 4 is 47.4 Å². The average molecular weight is 447 g/mol. The van der Waals surface area contributed by atoms with Crippen molar-refractivity contribution in [2.45, 2.75) is 0 Å². The third-order valence-electron chi connectivity index (χ3n) is 4.87. The molecular formula is C22H13BCl2N4O2. The number of hydrogen-bond acceptors (Lipinski definition) is 5. The van der Waals surface area contributed by atoms with Gasteiger partial charge in [-0.2, -0.15) is 9.78 Å². The quantitative estimate of drug-likeness (QED) is 0.395. The number of oxazole rings is 1. The summed E-state index contributed by atoms with van der Waals surface area (Å²) in [7, 11) is 1.98. The zero-order valence-electron chi connectivity index (χ0n) is 16.2. The molecule has 5 aromatic rings. The first-order chi connectivity index (χ1) is 15.0. The molecule has 0 aliphatic carbocycles. The molecule has 31 heavy (non-hydrogen) atoms. The van der Waals surface area contributed by atoms with Crippen molar-refractivity contribution in [1.29, 1.82) is 0 Å². The molecule has 0 saturated carbocycles. The lowest BCUT2D eigenvalue weighted by Crippen LogP contribution is -2.23. The molecule has 5 rings (SSSR count). The Morgan fingerprint density at radius 2 is 1.77 bits per heavy atom. The highest BCUT2D eigenvalue weighted by Gasteiger charge is 2.18. The number of aromatic nitrogens is 4. The van der Waals surface area contributed by atoms with Gasteiger partial charge in [0.1, 0.15) is 24.7 Å². The van der Waals surface area contributed by atoms with Crippen LogP contribution in [0.4, 0.5) is 0 Å². The van der Waals surface area contributed by atoms with Gasteiger partial charge in [-0.15, -0.1) is 0 Å². The van der Waals surface area contributed by atoms with E-state index >= 15 is 0 Å². The lowest BCUT2D eigenvalue weighted by atomic mass is 9.90. The Balaban J connectivity index is 1.85. The number of hydrogen-bond donors (Lipinski definition) is 0. The summed E-state index contributed by atoms with van der Waals surface area (Å²) in [6, 6.07) is 14.5. The molecule has 0 fully saturated rings. The van der Waals surface area contributed by atoms with Crippen molar-refractivity contribution in [2.24, 2.45) is 0 Å². The summed E-state index contributed by atoms with van der Waals surface area (Å²) in [6.07, 6.45) is 4.60. The van der Waals surface area contributed by atoms with Crippen molar-refractivity contribution in [3.63, 3.8) is 0 Å². The molecule has 3 heterocycles. The van der Waals surface area contributed by atoms with E-state index in [9.17, 15) is 4.79 Å². The molecule has 6 nitrogen and oxygen atoms in total.